The van der Waals surface area contributed by atoms with E-state index >= 15 is 0 Å². The third kappa shape index (κ3) is 3.76. The highest BCUT2D eigenvalue weighted by atomic mass is 32.2. The second kappa shape index (κ2) is 8.63. The number of hydrogen-bond donors (Lipinski definition) is 1. The van der Waals surface area contributed by atoms with Crippen molar-refractivity contribution in [3.63, 3.8) is 0 Å². The van der Waals surface area contributed by atoms with Gasteiger partial charge in [0.05, 0.1) is 32.6 Å². The van der Waals surface area contributed by atoms with Gasteiger partial charge in [0.1, 0.15) is 5.54 Å². The summed E-state index contributed by atoms with van der Waals surface area (Å²) in [5, 5.41) is 2.92. The normalized spacial score (nSPS) is 17.7. The summed E-state index contributed by atoms with van der Waals surface area (Å²) in [5.74, 6) is -0.995. The quantitative estimate of drug-likeness (QED) is 0.721. The van der Waals surface area contributed by atoms with Crippen LogP contribution in [0.1, 0.15) is 43.0 Å². The standard InChI is InChI=1S/C23H24N2O5S/c1-2-31(29)19-12-6-3-9-16(19)21(27)30-15-20(26)25-18-11-5-4-10-17(18)24-22(28)23(25)13-7-8-14-23/h3-6,9-12H,2,7-8,13-15H2,1H3,(H,24,28). The molecule has 2 aromatic carbocycles. The van der Waals surface area contributed by atoms with Gasteiger partial charge in [-0.1, -0.05) is 44.0 Å². The van der Waals surface area contributed by atoms with Crippen LogP contribution >= 0.6 is 0 Å². The zero-order valence-electron chi connectivity index (χ0n) is 17.3. The van der Waals surface area contributed by atoms with Crippen LogP contribution in [0.5, 0.6) is 0 Å². The first-order valence-electron chi connectivity index (χ1n) is 10.4. The first-order chi connectivity index (χ1) is 15.0. The van der Waals surface area contributed by atoms with Crippen LogP contribution in [0.15, 0.2) is 53.4 Å². The molecule has 1 spiro atoms. The van der Waals surface area contributed by atoms with Gasteiger partial charge in [0, 0.05) is 5.75 Å². The van der Waals surface area contributed by atoms with E-state index in [2.05, 4.69) is 5.32 Å². The summed E-state index contributed by atoms with van der Waals surface area (Å²) < 4.78 is 17.6. The number of carbonyl (C=O) groups is 3. The summed E-state index contributed by atoms with van der Waals surface area (Å²) in [6, 6.07) is 13.7. The lowest BCUT2D eigenvalue weighted by Gasteiger charge is -2.44. The largest absolute Gasteiger partial charge is 0.452 e. The molecule has 1 aliphatic carbocycles. The van der Waals surface area contributed by atoms with Crippen molar-refractivity contribution in [1.29, 1.82) is 0 Å². The van der Waals surface area contributed by atoms with E-state index < -0.39 is 34.8 Å². The van der Waals surface area contributed by atoms with Crippen molar-refractivity contribution in [2.45, 2.75) is 43.0 Å². The van der Waals surface area contributed by atoms with Gasteiger partial charge in [0.15, 0.2) is 6.61 Å². The van der Waals surface area contributed by atoms with Crippen molar-refractivity contribution in [3.8, 4) is 0 Å². The fraction of sp³-hybridized carbons (Fsp3) is 0.348. The first kappa shape index (κ1) is 21.2. The molecule has 0 bridgehead atoms. The fourth-order valence-electron chi connectivity index (χ4n) is 4.39. The molecule has 8 heteroatoms. The second-order valence-corrected chi connectivity index (χ2v) is 9.35. The highest BCUT2D eigenvalue weighted by molar-refractivity contribution is 7.85. The smallest absolute Gasteiger partial charge is 0.339 e. The Balaban J connectivity index is 1.59. The number of anilines is 2. The molecule has 31 heavy (non-hydrogen) atoms. The number of nitrogens with zero attached hydrogens (tertiary/aromatic N) is 1. The SMILES string of the molecule is CCS(=O)c1ccccc1C(=O)OCC(=O)N1c2ccccc2NC(=O)C12CCCC2. The second-order valence-electron chi connectivity index (χ2n) is 7.65. The predicted octanol–water partition coefficient (Wildman–Crippen LogP) is 3.27. The summed E-state index contributed by atoms with van der Waals surface area (Å²) in [5.41, 5.74) is 0.396. The number of para-hydroxylation sites is 2. The van der Waals surface area contributed by atoms with Crippen LogP contribution < -0.4 is 10.2 Å². The van der Waals surface area contributed by atoms with E-state index in [4.69, 9.17) is 4.74 Å². The van der Waals surface area contributed by atoms with Crippen molar-refractivity contribution < 1.29 is 23.3 Å². The van der Waals surface area contributed by atoms with Crippen LogP contribution in [0.25, 0.3) is 0 Å². The van der Waals surface area contributed by atoms with E-state index in [9.17, 15) is 18.6 Å². The van der Waals surface area contributed by atoms with Crippen molar-refractivity contribution in [2.75, 3.05) is 22.6 Å². The number of rotatable bonds is 5. The van der Waals surface area contributed by atoms with Gasteiger partial charge in [-0.15, -0.1) is 0 Å². The Morgan fingerprint density at radius 2 is 1.77 bits per heavy atom. The zero-order valence-corrected chi connectivity index (χ0v) is 18.1. The van der Waals surface area contributed by atoms with E-state index in [-0.39, 0.29) is 11.5 Å². The number of benzene rings is 2. The number of fused-ring (bicyclic) bond motifs is 1. The topological polar surface area (TPSA) is 92.8 Å². The third-order valence-corrected chi connectivity index (χ3v) is 7.24. The van der Waals surface area contributed by atoms with E-state index in [1.807, 2.05) is 6.07 Å². The number of carbonyl (C=O) groups excluding carboxylic acids is 3. The lowest BCUT2D eigenvalue weighted by atomic mass is 9.90. The Morgan fingerprint density at radius 1 is 1.10 bits per heavy atom. The van der Waals surface area contributed by atoms with Gasteiger partial charge in [-0.05, 0) is 37.1 Å². The van der Waals surface area contributed by atoms with Gasteiger partial charge in [-0.3, -0.25) is 18.7 Å². The third-order valence-electron chi connectivity index (χ3n) is 5.87. The maximum Gasteiger partial charge on any atom is 0.339 e. The molecule has 0 saturated heterocycles. The van der Waals surface area contributed by atoms with E-state index in [1.165, 1.54) is 11.0 Å². The number of ether oxygens (including phenoxy) is 1. The Morgan fingerprint density at radius 3 is 2.52 bits per heavy atom. The minimum absolute atomic E-state index is 0.183. The summed E-state index contributed by atoms with van der Waals surface area (Å²) in [6.07, 6.45) is 2.81. The Labute approximate surface area is 183 Å². The molecule has 0 aromatic heterocycles. The number of nitrogens with one attached hydrogen (secondary N) is 1. The molecule has 162 valence electrons. The summed E-state index contributed by atoms with van der Waals surface area (Å²) in [4.78, 5) is 40.8. The van der Waals surface area contributed by atoms with Crippen LogP contribution in [0.3, 0.4) is 0 Å². The molecule has 4 rings (SSSR count). The molecular formula is C23H24N2O5S. The molecule has 1 saturated carbocycles. The monoisotopic (exact) mass is 440 g/mol. The minimum Gasteiger partial charge on any atom is -0.452 e. The molecule has 1 unspecified atom stereocenters. The number of amides is 2. The molecule has 7 nitrogen and oxygen atoms in total. The Kier molecular flexibility index (Phi) is 5.91. The Bertz CT molecular complexity index is 1060. The highest BCUT2D eigenvalue weighted by Crippen LogP contribution is 2.45. The van der Waals surface area contributed by atoms with E-state index in [0.29, 0.717) is 34.9 Å². The van der Waals surface area contributed by atoms with Gasteiger partial charge in [0.25, 0.3) is 11.8 Å². The van der Waals surface area contributed by atoms with Gasteiger partial charge >= 0.3 is 5.97 Å². The predicted molar refractivity (Wildman–Crippen MR) is 117 cm³/mol. The molecule has 0 radical (unpaired) electrons. The van der Waals surface area contributed by atoms with Crippen LogP contribution in [0.2, 0.25) is 0 Å². The molecule has 1 aliphatic heterocycles. The minimum atomic E-state index is -1.33. The average molecular weight is 441 g/mol. The molecule has 2 aromatic rings. The molecule has 1 fully saturated rings. The molecule has 1 atom stereocenters. The van der Waals surface area contributed by atoms with Crippen molar-refractivity contribution >= 4 is 40.0 Å². The van der Waals surface area contributed by atoms with Gasteiger partial charge < -0.3 is 10.1 Å². The maximum atomic E-state index is 13.3. The van der Waals surface area contributed by atoms with Crippen molar-refractivity contribution in [1.82, 2.24) is 0 Å². The average Bonchev–Trinajstić information content (AvgIpc) is 3.28. The maximum absolute atomic E-state index is 13.3. The van der Waals surface area contributed by atoms with Gasteiger partial charge in [-0.2, -0.15) is 0 Å². The summed E-state index contributed by atoms with van der Waals surface area (Å²) >= 11 is 0. The summed E-state index contributed by atoms with van der Waals surface area (Å²) in [7, 11) is -1.33. The molecule has 2 amide bonds. The molecule has 1 N–H and O–H groups in total. The lowest BCUT2D eigenvalue weighted by Crippen LogP contribution is -2.61. The van der Waals surface area contributed by atoms with Crippen molar-refractivity contribution in [2.24, 2.45) is 0 Å². The van der Waals surface area contributed by atoms with E-state index in [0.717, 1.165) is 12.8 Å². The van der Waals surface area contributed by atoms with Crippen LogP contribution in [0.4, 0.5) is 11.4 Å². The van der Waals surface area contributed by atoms with Crippen LogP contribution in [0, 0.1) is 0 Å². The molecule has 2 aliphatic rings. The number of esters is 1. The lowest BCUT2D eigenvalue weighted by molar-refractivity contribution is -0.129. The number of hydrogen-bond acceptors (Lipinski definition) is 5. The highest BCUT2D eigenvalue weighted by Gasteiger charge is 2.52. The van der Waals surface area contributed by atoms with Gasteiger partial charge in [0.2, 0.25) is 0 Å². The Hall–Kier alpha value is -3.00. The van der Waals surface area contributed by atoms with Crippen LogP contribution in [-0.2, 0) is 25.1 Å². The van der Waals surface area contributed by atoms with E-state index in [1.54, 1.807) is 43.3 Å². The fourth-order valence-corrected chi connectivity index (χ4v) is 5.33. The van der Waals surface area contributed by atoms with Crippen molar-refractivity contribution in [3.05, 3.63) is 54.1 Å². The molecule has 1 heterocycles. The zero-order chi connectivity index (χ0) is 22.0. The summed E-state index contributed by atoms with van der Waals surface area (Å²) in [6.45, 7) is 1.26. The van der Waals surface area contributed by atoms with Gasteiger partial charge in [-0.25, -0.2) is 4.79 Å². The first-order valence-corrected chi connectivity index (χ1v) is 11.7. The molecular weight excluding hydrogens is 416 g/mol. The van der Waals surface area contributed by atoms with Crippen LogP contribution in [-0.4, -0.2) is 39.9 Å².